The molecule has 1 heterocycles. The number of aryl methyl sites for hydroxylation is 1. The Morgan fingerprint density at radius 3 is 2.67 bits per heavy atom. The van der Waals surface area contributed by atoms with Crippen molar-refractivity contribution in [2.24, 2.45) is 40.4 Å². The van der Waals surface area contributed by atoms with Crippen LogP contribution in [0.15, 0.2) is 6.20 Å². The predicted octanol–water partition coefficient (Wildman–Crippen LogP) is 4.58. The minimum Gasteiger partial charge on any atom is -0.390 e. The number of aliphatic hydroxyl groups is 1. The first-order chi connectivity index (χ1) is 15.6. The van der Waals surface area contributed by atoms with E-state index < -0.39 is 5.60 Å². The number of carbonyl (C=O) groups is 1. The Morgan fingerprint density at radius 2 is 1.97 bits per heavy atom. The number of hydrogen-bond acceptors (Lipinski definition) is 5. The Bertz CT molecular complexity index is 897. The molecule has 0 aliphatic heterocycles. The highest BCUT2D eigenvalue weighted by atomic mass is 16.5. The quantitative estimate of drug-likeness (QED) is 0.700. The van der Waals surface area contributed by atoms with E-state index in [2.05, 4.69) is 24.2 Å². The molecule has 5 rings (SSSR count). The first kappa shape index (κ1) is 23.5. The van der Waals surface area contributed by atoms with E-state index in [0.717, 1.165) is 37.8 Å². The molecule has 4 aliphatic carbocycles. The van der Waals surface area contributed by atoms with Crippen LogP contribution in [0.1, 0.15) is 84.3 Å². The molecule has 33 heavy (non-hydrogen) atoms. The van der Waals surface area contributed by atoms with Gasteiger partial charge in [-0.15, -0.1) is 5.10 Å². The lowest BCUT2D eigenvalue weighted by Gasteiger charge is -2.64. The Kier molecular flexibility index (Phi) is 5.80. The molecule has 0 amide bonds. The van der Waals surface area contributed by atoms with Gasteiger partial charge in [0, 0.05) is 18.4 Å². The van der Waals surface area contributed by atoms with Gasteiger partial charge < -0.3 is 9.84 Å². The number of fused-ring (bicyclic) bond motifs is 5. The Hall–Kier alpha value is -1.27. The number of hydrogen-bond donors (Lipinski definition) is 1. The fraction of sp³-hybridized carbons (Fsp3) is 0.889. The van der Waals surface area contributed by atoms with Gasteiger partial charge in [0.15, 0.2) is 5.78 Å². The zero-order chi connectivity index (χ0) is 23.6. The van der Waals surface area contributed by atoms with E-state index in [0.29, 0.717) is 36.0 Å². The topological polar surface area (TPSA) is 77.2 Å². The van der Waals surface area contributed by atoms with Crippen LogP contribution in [-0.4, -0.2) is 44.7 Å². The summed E-state index contributed by atoms with van der Waals surface area (Å²) in [4.78, 5) is 13.5. The maximum absolute atomic E-state index is 13.5. The van der Waals surface area contributed by atoms with Crippen molar-refractivity contribution < 1.29 is 14.6 Å². The highest BCUT2D eigenvalue weighted by Crippen LogP contribution is 2.69. The van der Waals surface area contributed by atoms with Gasteiger partial charge in [-0.25, -0.2) is 4.68 Å². The molecular formula is C27H43N3O3. The lowest BCUT2D eigenvalue weighted by atomic mass is 9.42. The number of nitrogens with zero attached hydrogens (tertiary/aromatic N) is 3. The smallest absolute Gasteiger partial charge is 0.157 e. The summed E-state index contributed by atoms with van der Waals surface area (Å²) in [5.74, 6) is 2.95. The fourth-order valence-electron chi connectivity index (χ4n) is 9.43. The van der Waals surface area contributed by atoms with E-state index >= 15 is 0 Å². The fourth-order valence-corrected chi connectivity index (χ4v) is 9.43. The number of methoxy groups -OCH3 is 1. The Balaban J connectivity index is 1.41. The SMILES string of the molecule is COC(C)[C@]12CC[C@@](C)(O)C[C@H]1CC[C@H]1[C@@H]3CC[C@H](C(=O)Cn4nncc4C)[C@@]3(C)CC[C@@H]12. The number of ketones is 1. The van der Waals surface area contributed by atoms with Gasteiger partial charge in [0.2, 0.25) is 0 Å². The average molecular weight is 458 g/mol. The maximum atomic E-state index is 13.5. The molecule has 9 atom stereocenters. The van der Waals surface area contributed by atoms with Crippen LogP contribution >= 0.6 is 0 Å². The molecule has 4 aliphatic rings. The molecule has 4 fully saturated rings. The molecule has 0 bridgehead atoms. The maximum Gasteiger partial charge on any atom is 0.157 e. The van der Waals surface area contributed by atoms with Crippen LogP contribution in [0.2, 0.25) is 0 Å². The molecule has 0 radical (unpaired) electrons. The third-order valence-corrected chi connectivity index (χ3v) is 11.1. The summed E-state index contributed by atoms with van der Waals surface area (Å²) >= 11 is 0. The lowest BCUT2D eigenvalue weighted by molar-refractivity contribution is -0.199. The van der Waals surface area contributed by atoms with E-state index in [1.54, 1.807) is 10.9 Å². The number of aromatic nitrogens is 3. The zero-order valence-corrected chi connectivity index (χ0v) is 21.2. The van der Waals surface area contributed by atoms with Crippen LogP contribution in [-0.2, 0) is 16.1 Å². The standard InChI is InChI=1S/C27H43N3O3/c1-17-15-28-29-30(17)16-24(31)23-9-8-21-20-7-6-19-14-25(3,32)12-13-27(19,18(2)33-5)22(20)10-11-26(21,23)4/h15,18-23,32H,6-14,16H2,1-5H3/t18?,19-,20+,21+,22+,23-,25-,26+,27-/m1/s1. The average Bonchev–Trinajstić information content (AvgIpc) is 3.34. The highest BCUT2D eigenvalue weighted by Gasteiger charge is 2.64. The van der Waals surface area contributed by atoms with Crippen LogP contribution < -0.4 is 0 Å². The van der Waals surface area contributed by atoms with Crippen LogP contribution in [0.25, 0.3) is 0 Å². The second kappa shape index (κ2) is 8.15. The molecule has 1 unspecified atom stereocenters. The molecular weight excluding hydrogens is 414 g/mol. The molecule has 0 aromatic carbocycles. The number of rotatable bonds is 5. The van der Waals surface area contributed by atoms with Gasteiger partial charge >= 0.3 is 0 Å². The van der Waals surface area contributed by atoms with Gasteiger partial charge in [0.1, 0.15) is 6.54 Å². The van der Waals surface area contributed by atoms with Crippen molar-refractivity contribution in [2.45, 2.75) is 104 Å². The van der Waals surface area contributed by atoms with Gasteiger partial charge in [-0.05, 0) is 108 Å². The first-order valence-corrected chi connectivity index (χ1v) is 13.3. The molecule has 1 N–H and O–H groups in total. The Labute approximate surface area is 198 Å². The summed E-state index contributed by atoms with van der Waals surface area (Å²) < 4.78 is 7.84. The van der Waals surface area contributed by atoms with E-state index in [4.69, 9.17) is 4.74 Å². The van der Waals surface area contributed by atoms with Crippen LogP contribution in [0.3, 0.4) is 0 Å². The van der Waals surface area contributed by atoms with Gasteiger partial charge in [-0.3, -0.25) is 4.79 Å². The van der Waals surface area contributed by atoms with Crippen LogP contribution in [0.5, 0.6) is 0 Å². The third-order valence-electron chi connectivity index (χ3n) is 11.1. The monoisotopic (exact) mass is 457 g/mol. The summed E-state index contributed by atoms with van der Waals surface area (Å²) in [5, 5.41) is 19.0. The molecule has 0 saturated heterocycles. The third kappa shape index (κ3) is 3.53. The summed E-state index contributed by atoms with van der Waals surface area (Å²) in [6.07, 6.45) is 11.7. The van der Waals surface area contributed by atoms with Crippen molar-refractivity contribution in [2.75, 3.05) is 7.11 Å². The van der Waals surface area contributed by atoms with Crippen LogP contribution in [0, 0.1) is 47.3 Å². The second-order valence-corrected chi connectivity index (χ2v) is 12.5. The number of carbonyl (C=O) groups excluding carboxylic acids is 1. The van der Waals surface area contributed by atoms with Crippen molar-refractivity contribution in [3.05, 3.63) is 11.9 Å². The summed E-state index contributed by atoms with van der Waals surface area (Å²) in [5.41, 5.74) is 0.675. The minimum absolute atomic E-state index is 0.0945. The number of Topliss-reactive ketones (excluding diaryl/α,β-unsaturated/α-hetero) is 1. The van der Waals surface area contributed by atoms with Crippen molar-refractivity contribution in [3.63, 3.8) is 0 Å². The van der Waals surface area contributed by atoms with Crippen molar-refractivity contribution >= 4 is 5.78 Å². The second-order valence-electron chi connectivity index (χ2n) is 12.5. The molecule has 1 aromatic rings. The molecule has 1 aromatic heterocycles. The van der Waals surface area contributed by atoms with Crippen molar-refractivity contribution in [3.8, 4) is 0 Å². The predicted molar refractivity (Wildman–Crippen MR) is 126 cm³/mol. The van der Waals surface area contributed by atoms with E-state index in [1.807, 2.05) is 21.0 Å². The van der Waals surface area contributed by atoms with Gasteiger partial charge in [-0.2, -0.15) is 0 Å². The van der Waals surface area contributed by atoms with E-state index in [1.165, 1.54) is 25.7 Å². The largest absolute Gasteiger partial charge is 0.390 e. The van der Waals surface area contributed by atoms with Gasteiger partial charge in [-0.1, -0.05) is 12.1 Å². The number of ether oxygens (including phenoxy) is 1. The van der Waals surface area contributed by atoms with E-state index in [-0.39, 0.29) is 22.9 Å². The van der Waals surface area contributed by atoms with Crippen molar-refractivity contribution in [1.82, 2.24) is 15.0 Å². The lowest BCUT2D eigenvalue weighted by Crippen LogP contribution is -2.60. The van der Waals surface area contributed by atoms with E-state index in [9.17, 15) is 9.90 Å². The van der Waals surface area contributed by atoms with Gasteiger partial charge in [0.25, 0.3) is 0 Å². The summed E-state index contributed by atoms with van der Waals surface area (Å²) in [6, 6.07) is 0. The minimum atomic E-state index is -0.540. The summed E-state index contributed by atoms with van der Waals surface area (Å²) in [7, 11) is 1.87. The Morgan fingerprint density at radius 1 is 1.18 bits per heavy atom. The first-order valence-electron chi connectivity index (χ1n) is 13.3. The normalized spacial score (nSPS) is 45.7. The molecule has 4 saturated carbocycles. The summed E-state index contributed by atoms with van der Waals surface area (Å²) in [6.45, 7) is 9.05. The van der Waals surface area contributed by atoms with Gasteiger partial charge in [0.05, 0.1) is 23.6 Å². The molecule has 0 spiro atoms. The highest BCUT2D eigenvalue weighted by molar-refractivity contribution is 5.82. The molecule has 184 valence electrons. The van der Waals surface area contributed by atoms with Crippen LogP contribution in [0.4, 0.5) is 0 Å². The molecule has 6 heteroatoms. The zero-order valence-electron chi connectivity index (χ0n) is 21.2. The molecule has 6 nitrogen and oxygen atoms in total. The van der Waals surface area contributed by atoms with Crippen molar-refractivity contribution in [1.29, 1.82) is 0 Å².